The second-order valence-corrected chi connectivity index (χ2v) is 7.36. The Labute approximate surface area is 165 Å². The maximum atomic E-state index is 12.6. The molecule has 0 saturated carbocycles. The molecule has 0 aromatic heterocycles. The van der Waals surface area contributed by atoms with E-state index in [1.165, 1.54) is 0 Å². The molecule has 148 valence electrons. The minimum absolute atomic E-state index is 0.0339. The van der Waals surface area contributed by atoms with Crippen LogP contribution in [0, 0.1) is 0 Å². The molecule has 4 nitrogen and oxygen atoms in total. The van der Waals surface area contributed by atoms with Crippen LogP contribution in [0.5, 0.6) is 0 Å². The van der Waals surface area contributed by atoms with Gasteiger partial charge in [0.25, 0.3) is 5.91 Å². The van der Waals surface area contributed by atoms with Crippen molar-refractivity contribution in [2.75, 3.05) is 22.5 Å². The van der Waals surface area contributed by atoms with Gasteiger partial charge in [-0.05, 0) is 42.3 Å². The summed E-state index contributed by atoms with van der Waals surface area (Å²) in [5, 5.41) is 2.69. The summed E-state index contributed by atoms with van der Waals surface area (Å²) in [6, 6.07) is 11.5. The third-order valence-corrected chi connectivity index (χ3v) is 5.51. The van der Waals surface area contributed by atoms with Crippen molar-refractivity contribution in [2.24, 2.45) is 0 Å². The van der Waals surface area contributed by atoms with Crippen LogP contribution in [0.4, 0.5) is 24.5 Å². The van der Waals surface area contributed by atoms with Crippen molar-refractivity contribution in [3.05, 3.63) is 53.6 Å². The summed E-state index contributed by atoms with van der Waals surface area (Å²) < 4.78 is 37.5. The number of anilines is 2. The van der Waals surface area contributed by atoms with Crippen LogP contribution in [0.1, 0.15) is 29.3 Å². The lowest BCUT2D eigenvalue weighted by Gasteiger charge is -2.16. The highest BCUT2D eigenvalue weighted by Gasteiger charge is 2.28. The molecule has 2 aromatic rings. The van der Waals surface area contributed by atoms with Gasteiger partial charge in [0.05, 0.1) is 11.4 Å². The van der Waals surface area contributed by atoms with Gasteiger partial charge in [0.2, 0.25) is 5.91 Å². The number of thioether (sulfide) groups is 1. The summed E-state index contributed by atoms with van der Waals surface area (Å²) in [5.74, 6) is -1.39. The van der Waals surface area contributed by atoms with Gasteiger partial charge in [0.1, 0.15) is 0 Å². The lowest BCUT2D eigenvalue weighted by atomic mass is 10.1. The number of amides is 2. The first-order valence-corrected chi connectivity index (χ1v) is 9.80. The number of alkyl halides is 3. The third-order valence-electron chi connectivity index (χ3n) is 4.37. The van der Waals surface area contributed by atoms with Gasteiger partial charge >= 0.3 is 6.18 Å². The molecule has 0 atom stereocenters. The first kappa shape index (κ1) is 20.3. The zero-order chi connectivity index (χ0) is 20.3. The van der Waals surface area contributed by atoms with Crippen molar-refractivity contribution in [1.82, 2.24) is 0 Å². The zero-order valence-corrected chi connectivity index (χ0v) is 16.0. The van der Waals surface area contributed by atoms with E-state index in [1.54, 1.807) is 54.3 Å². The fraction of sp³-hybridized carbons (Fsp3) is 0.300. The SMILES string of the molecule is CCC(=O)N1CCc2cc(C(=O)Nc3ccccc3SCC(F)(F)F)ccc21. The van der Waals surface area contributed by atoms with Gasteiger partial charge in [-0.3, -0.25) is 9.59 Å². The summed E-state index contributed by atoms with van der Waals surface area (Å²) >= 11 is 0.633. The third kappa shape index (κ3) is 4.67. The smallest absolute Gasteiger partial charge is 0.321 e. The largest absolute Gasteiger partial charge is 0.398 e. The molecule has 0 bridgehead atoms. The van der Waals surface area contributed by atoms with E-state index in [2.05, 4.69) is 5.32 Å². The van der Waals surface area contributed by atoms with E-state index in [1.807, 2.05) is 0 Å². The van der Waals surface area contributed by atoms with Crippen LogP contribution in [-0.4, -0.2) is 30.3 Å². The normalized spacial score (nSPS) is 13.4. The molecule has 1 aliphatic rings. The molecule has 2 amide bonds. The highest BCUT2D eigenvalue weighted by molar-refractivity contribution is 7.99. The molecule has 1 N–H and O–H groups in total. The van der Waals surface area contributed by atoms with Gasteiger partial charge in [-0.1, -0.05) is 19.1 Å². The molecule has 0 radical (unpaired) electrons. The van der Waals surface area contributed by atoms with Crippen molar-refractivity contribution in [1.29, 1.82) is 0 Å². The van der Waals surface area contributed by atoms with E-state index in [-0.39, 0.29) is 5.91 Å². The average Bonchev–Trinajstić information content (AvgIpc) is 3.09. The molecular formula is C20H19F3N2O2S. The number of benzene rings is 2. The Bertz CT molecular complexity index is 899. The molecule has 28 heavy (non-hydrogen) atoms. The van der Waals surface area contributed by atoms with Crippen LogP contribution in [0.15, 0.2) is 47.4 Å². The Morgan fingerprint density at radius 2 is 1.93 bits per heavy atom. The van der Waals surface area contributed by atoms with Crippen molar-refractivity contribution >= 4 is 35.0 Å². The monoisotopic (exact) mass is 408 g/mol. The van der Waals surface area contributed by atoms with E-state index < -0.39 is 17.8 Å². The molecule has 0 aliphatic carbocycles. The number of carbonyl (C=O) groups is 2. The van der Waals surface area contributed by atoms with Gasteiger partial charge in [0.15, 0.2) is 0 Å². The zero-order valence-electron chi connectivity index (χ0n) is 15.2. The van der Waals surface area contributed by atoms with E-state index in [9.17, 15) is 22.8 Å². The second-order valence-electron chi connectivity index (χ2n) is 6.35. The fourth-order valence-electron chi connectivity index (χ4n) is 3.04. The number of carbonyl (C=O) groups excluding carboxylic acids is 2. The predicted molar refractivity (Wildman–Crippen MR) is 104 cm³/mol. The van der Waals surface area contributed by atoms with Crippen molar-refractivity contribution < 1.29 is 22.8 Å². The number of para-hydroxylation sites is 1. The summed E-state index contributed by atoms with van der Waals surface area (Å²) in [5.41, 5.74) is 2.46. The number of nitrogens with one attached hydrogen (secondary N) is 1. The number of halogens is 3. The fourth-order valence-corrected chi connectivity index (χ4v) is 3.81. The quantitative estimate of drug-likeness (QED) is 0.717. The summed E-state index contributed by atoms with van der Waals surface area (Å²) in [4.78, 5) is 26.7. The van der Waals surface area contributed by atoms with Crippen molar-refractivity contribution in [2.45, 2.75) is 30.8 Å². The van der Waals surface area contributed by atoms with Crippen LogP contribution in [-0.2, 0) is 11.2 Å². The number of nitrogens with zero attached hydrogens (tertiary/aromatic N) is 1. The van der Waals surface area contributed by atoms with Gasteiger partial charge in [-0.2, -0.15) is 13.2 Å². The molecule has 0 unspecified atom stereocenters. The topological polar surface area (TPSA) is 49.4 Å². The first-order valence-electron chi connectivity index (χ1n) is 8.81. The van der Waals surface area contributed by atoms with Gasteiger partial charge < -0.3 is 10.2 Å². The van der Waals surface area contributed by atoms with E-state index in [0.717, 1.165) is 11.3 Å². The first-order chi connectivity index (χ1) is 13.3. The predicted octanol–water partition coefficient (Wildman–Crippen LogP) is 4.89. The van der Waals surface area contributed by atoms with Crippen LogP contribution in [0.25, 0.3) is 0 Å². The Hall–Kier alpha value is -2.48. The van der Waals surface area contributed by atoms with Gasteiger partial charge in [-0.15, -0.1) is 11.8 Å². The van der Waals surface area contributed by atoms with Gasteiger partial charge in [0, 0.05) is 29.1 Å². The molecular weight excluding hydrogens is 389 g/mol. The Kier molecular flexibility index (Phi) is 5.98. The Morgan fingerprint density at radius 3 is 2.64 bits per heavy atom. The Morgan fingerprint density at radius 1 is 1.18 bits per heavy atom. The molecule has 8 heteroatoms. The van der Waals surface area contributed by atoms with Crippen molar-refractivity contribution in [3.63, 3.8) is 0 Å². The maximum Gasteiger partial charge on any atom is 0.398 e. The lowest BCUT2D eigenvalue weighted by molar-refractivity contribution is -0.118. The average molecular weight is 408 g/mol. The van der Waals surface area contributed by atoms with Crippen molar-refractivity contribution in [3.8, 4) is 0 Å². The number of rotatable bonds is 5. The highest BCUT2D eigenvalue weighted by atomic mass is 32.2. The Balaban J connectivity index is 1.75. The molecule has 0 spiro atoms. The molecule has 1 heterocycles. The second kappa shape index (κ2) is 8.26. The maximum absolute atomic E-state index is 12.6. The highest BCUT2D eigenvalue weighted by Crippen LogP contribution is 2.33. The summed E-state index contributed by atoms with van der Waals surface area (Å²) in [6.07, 6.45) is -3.21. The van der Waals surface area contributed by atoms with Crippen LogP contribution >= 0.6 is 11.8 Å². The van der Waals surface area contributed by atoms with E-state index in [4.69, 9.17) is 0 Å². The summed E-state index contributed by atoms with van der Waals surface area (Å²) in [6.45, 7) is 2.39. The van der Waals surface area contributed by atoms with Gasteiger partial charge in [-0.25, -0.2) is 0 Å². The minimum atomic E-state index is -4.29. The summed E-state index contributed by atoms with van der Waals surface area (Å²) in [7, 11) is 0. The lowest BCUT2D eigenvalue weighted by Crippen LogP contribution is -2.27. The molecule has 2 aromatic carbocycles. The van der Waals surface area contributed by atoms with E-state index in [0.29, 0.717) is 47.3 Å². The standard InChI is InChI=1S/C20H19F3N2O2S/c1-2-18(26)25-10-9-13-11-14(7-8-16(13)25)19(27)24-15-5-3-4-6-17(15)28-12-20(21,22)23/h3-8,11H,2,9-10,12H2,1H3,(H,24,27). The van der Waals surface area contributed by atoms with Crippen LogP contribution in [0.3, 0.4) is 0 Å². The number of hydrogen-bond donors (Lipinski definition) is 1. The van der Waals surface area contributed by atoms with Crippen LogP contribution in [0.2, 0.25) is 0 Å². The molecule has 3 rings (SSSR count). The molecule has 1 aliphatic heterocycles. The minimum Gasteiger partial charge on any atom is -0.321 e. The van der Waals surface area contributed by atoms with Crippen LogP contribution < -0.4 is 10.2 Å². The molecule has 0 fully saturated rings. The number of hydrogen-bond acceptors (Lipinski definition) is 3. The molecule has 0 saturated heterocycles. The van der Waals surface area contributed by atoms with E-state index >= 15 is 0 Å². The number of fused-ring (bicyclic) bond motifs is 1.